The van der Waals surface area contributed by atoms with Crippen LogP contribution >= 0.6 is 0 Å². The van der Waals surface area contributed by atoms with Crippen LogP contribution < -0.4 is 5.56 Å². The molecule has 0 bridgehead atoms. The van der Waals surface area contributed by atoms with E-state index in [0.717, 1.165) is 12.8 Å². The predicted octanol–water partition coefficient (Wildman–Crippen LogP) is 1.43. The zero-order valence-corrected chi connectivity index (χ0v) is 12.0. The Labute approximate surface area is 113 Å². The Balaban J connectivity index is 2.28. The average Bonchev–Trinajstić information content (AvgIpc) is 3.17. The van der Waals surface area contributed by atoms with Gasteiger partial charge >= 0.3 is 0 Å². The molecule has 1 fully saturated rings. The van der Waals surface area contributed by atoms with Crippen LogP contribution in [-0.2, 0) is 7.05 Å². The molecule has 1 aliphatic rings. The lowest BCUT2D eigenvalue weighted by atomic mass is 10.0. The van der Waals surface area contributed by atoms with Crippen molar-refractivity contribution in [3.63, 3.8) is 0 Å². The zero-order chi connectivity index (χ0) is 14.2. The molecule has 1 atom stereocenters. The smallest absolute Gasteiger partial charge is 0.274 e. The first-order valence-electron chi connectivity index (χ1n) is 6.79. The minimum absolute atomic E-state index is 0.0701. The zero-order valence-electron chi connectivity index (χ0n) is 12.0. The lowest BCUT2D eigenvalue weighted by Crippen LogP contribution is -2.44. The summed E-state index contributed by atoms with van der Waals surface area (Å²) in [6.07, 6.45) is 2.13. The molecule has 0 N–H and O–H groups in total. The van der Waals surface area contributed by atoms with Crippen molar-refractivity contribution in [1.82, 2.24) is 14.7 Å². The average molecular weight is 263 g/mol. The van der Waals surface area contributed by atoms with Gasteiger partial charge in [-0.2, -0.15) is 5.10 Å². The largest absolute Gasteiger partial charge is 0.331 e. The van der Waals surface area contributed by atoms with Gasteiger partial charge in [0, 0.05) is 25.2 Å². The molecule has 19 heavy (non-hydrogen) atoms. The van der Waals surface area contributed by atoms with Crippen LogP contribution in [0, 0.1) is 5.92 Å². The molecule has 1 unspecified atom stereocenters. The van der Waals surface area contributed by atoms with Gasteiger partial charge in [0.25, 0.3) is 11.5 Å². The van der Waals surface area contributed by atoms with Gasteiger partial charge in [-0.3, -0.25) is 9.59 Å². The topological polar surface area (TPSA) is 55.2 Å². The van der Waals surface area contributed by atoms with E-state index in [1.807, 2.05) is 4.90 Å². The Kier molecular flexibility index (Phi) is 3.73. The van der Waals surface area contributed by atoms with Gasteiger partial charge in [0.05, 0.1) is 0 Å². The van der Waals surface area contributed by atoms with Crippen molar-refractivity contribution in [2.45, 2.75) is 45.7 Å². The number of carbonyl (C=O) groups excluding carboxylic acids is 1. The Morgan fingerprint density at radius 3 is 2.47 bits per heavy atom. The maximum Gasteiger partial charge on any atom is 0.274 e. The lowest BCUT2D eigenvalue weighted by Gasteiger charge is -2.31. The van der Waals surface area contributed by atoms with Crippen molar-refractivity contribution < 1.29 is 4.79 Å². The van der Waals surface area contributed by atoms with Crippen LogP contribution in [0.1, 0.15) is 44.1 Å². The molecule has 1 aromatic rings. The van der Waals surface area contributed by atoms with Gasteiger partial charge in [-0.15, -0.1) is 0 Å². The minimum Gasteiger partial charge on any atom is -0.331 e. The molecule has 5 nitrogen and oxygen atoms in total. The summed E-state index contributed by atoms with van der Waals surface area (Å²) < 4.78 is 1.21. The molecule has 5 heteroatoms. The standard InChI is InChI=1S/C14H21N3O2/c1-9(2)10(3)17(11-5-6-11)14(19)12-7-8-13(18)16(4)15-12/h7-11H,5-6H2,1-4H3. The van der Waals surface area contributed by atoms with E-state index in [-0.39, 0.29) is 17.5 Å². The Bertz CT molecular complexity index is 532. The van der Waals surface area contributed by atoms with E-state index in [9.17, 15) is 9.59 Å². The summed E-state index contributed by atoms with van der Waals surface area (Å²) in [7, 11) is 1.56. The van der Waals surface area contributed by atoms with Gasteiger partial charge < -0.3 is 4.90 Å². The Morgan fingerprint density at radius 2 is 2.00 bits per heavy atom. The molecule has 0 saturated heterocycles. The number of amides is 1. The molecule has 1 heterocycles. The highest BCUT2D eigenvalue weighted by atomic mass is 16.2. The van der Waals surface area contributed by atoms with E-state index >= 15 is 0 Å². The summed E-state index contributed by atoms with van der Waals surface area (Å²) in [4.78, 5) is 25.8. The first-order chi connectivity index (χ1) is 8.91. The van der Waals surface area contributed by atoms with Gasteiger partial charge in [-0.1, -0.05) is 13.8 Å². The van der Waals surface area contributed by atoms with Crippen molar-refractivity contribution in [2.75, 3.05) is 0 Å². The van der Waals surface area contributed by atoms with E-state index in [0.29, 0.717) is 17.7 Å². The van der Waals surface area contributed by atoms with Gasteiger partial charge in [-0.05, 0) is 31.7 Å². The van der Waals surface area contributed by atoms with Gasteiger partial charge in [0.15, 0.2) is 0 Å². The van der Waals surface area contributed by atoms with Crippen molar-refractivity contribution in [2.24, 2.45) is 13.0 Å². The van der Waals surface area contributed by atoms with Crippen LogP contribution in [0.25, 0.3) is 0 Å². The molecule has 1 aromatic heterocycles. The van der Waals surface area contributed by atoms with E-state index in [4.69, 9.17) is 0 Å². The van der Waals surface area contributed by atoms with Crippen LogP contribution in [0.2, 0.25) is 0 Å². The first kappa shape index (κ1) is 13.8. The van der Waals surface area contributed by atoms with Crippen LogP contribution in [0.4, 0.5) is 0 Å². The number of rotatable bonds is 4. The molecule has 0 radical (unpaired) electrons. The summed E-state index contributed by atoms with van der Waals surface area (Å²) in [6.45, 7) is 6.30. The number of hydrogen-bond donors (Lipinski definition) is 0. The summed E-state index contributed by atoms with van der Waals surface area (Å²) in [6, 6.07) is 3.43. The van der Waals surface area contributed by atoms with Crippen molar-refractivity contribution in [3.8, 4) is 0 Å². The highest BCUT2D eigenvalue weighted by molar-refractivity contribution is 5.92. The third-order valence-electron chi connectivity index (χ3n) is 3.76. The van der Waals surface area contributed by atoms with Crippen molar-refractivity contribution in [1.29, 1.82) is 0 Å². The number of aryl methyl sites for hydroxylation is 1. The third-order valence-corrected chi connectivity index (χ3v) is 3.76. The minimum atomic E-state index is -0.202. The van der Waals surface area contributed by atoms with E-state index in [1.54, 1.807) is 7.05 Å². The molecule has 0 spiro atoms. The molecule has 0 aromatic carbocycles. The maximum atomic E-state index is 12.6. The molecular weight excluding hydrogens is 242 g/mol. The summed E-state index contributed by atoms with van der Waals surface area (Å²) in [5.41, 5.74) is 0.146. The highest BCUT2D eigenvalue weighted by Crippen LogP contribution is 2.31. The molecule has 104 valence electrons. The second kappa shape index (κ2) is 5.15. The highest BCUT2D eigenvalue weighted by Gasteiger charge is 2.37. The van der Waals surface area contributed by atoms with Crippen LogP contribution in [0.5, 0.6) is 0 Å². The monoisotopic (exact) mass is 263 g/mol. The number of nitrogens with zero attached hydrogens (tertiary/aromatic N) is 3. The second-order valence-electron chi connectivity index (χ2n) is 5.61. The molecule has 2 rings (SSSR count). The molecular formula is C14H21N3O2. The lowest BCUT2D eigenvalue weighted by molar-refractivity contribution is 0.0619. The third kappa shape index (κ3) is 2.85. The van der Waals surface area contributed by atoms with E-state index in [2.05, 4.69) is 25.9 Å². The maximum absolute atomic E-state index is 12.6. The molecule has 1 aliphatic carbocycles. The van der Waals surface area contributed by atoms with Crippen molar-refractivity contribution in [3.05, 3.63) is 28.2 Å². The Hall–Kier alpha value is -1.65. The number of aromatic nitrogens is 2. The SMILES string of the molecule is CC(C)C(C)N(C(=O)c1ccc(=O)n(C)n1)C1CC1. The molecule has 1 amide bonds. The van der Waals surface area contributed by atoms with Crippen LogP contribution in [-0.4, -0.2) is 32.7 Å². The van der Waals surface area contributed by atoms with Crippen LogP contribution in [0.3, 0.4) is 0 Å². The van der Waals surface area contributed by atoms with Gasteiger partial charge in [-0.25, -0.2) is 4.68 Å². The number of hydrogen-bond acceptors (Lipinski definition) is 3. The predicted molar refractivity (Wildman–Crippen MR) is 73.0 cm³/mol. The van der Waals surface area contributed by atoms with E-state index < -0.39 is 0 Å². The summed E-state index contributed by atoms with van der Waals surface area (Å²) >= 11 is 0. The van der Waals surface area contributed by atoms with Crippen LogP contribution in [0.15, 0.2) is 16.9 Å². The fourth-order valence-electron chi connectivity index (χ4n) is 2.11. The fourth-order valence-corrected chi connectivity index (χ4v) is 2.11. The van der Waals surface area contributed by atoms with Crippen molar-refractivity contribution >= 4 is 5.91 Å². The van der Waals surface area contributed by atoms with Gasteiger partial charge in [0.1, 0.15) is 5.69 Å². The Morgan fingerprint density at radius 1 is 1.37 bits per heavy atom. The van der Waals surface area contributed by atoms with Gasteiger partial charge in [0.2, 0.25) is 0 Å². The molecule has 1 saturated carbocycles. The summed E-state index contributed by atoms with van der Waals surface area (Å²) in [5.74, 6) is 0.330. The first-order valence-corrected chi connectivity index (χ1v) is 6.79. The quantitative estimate of drug-likeness (QED) is 0.825. The normalized spacial score (nSPS) is 16.5. The van der Waals surface area contributed by atoms with E-state index in [1.165, 1.54) is 16.8 Å². The number of carbonyl (C=O) groups is 1. The second-order valence-corrected chi connectivity index (χ2v) is 5.61. The molecule has 0 aliphatic heterocycles. The fraction of sp³-hybridized carbons (Fsp3) is 0.643. The summed E-state index contributed by atoms with van der Waals surface area (Å²) in [5, 5.41) is 4.06.